The maximum Gasteiger partial charge on any atom is 0.407 e. The molecule has 5 aromatic rings. The molecule has 2 saturated heterocycles. The van der Waals surface area contributed by atoms with Crippen molar-refractivity contribution in [1.29, 1.82) is 0 Å². The number of nitrogens with zero attached hydrogens (tertiary/aromatic N) is 5. The number of imidazole rings is 2. The molecule has 2 aliphatic rings. The zero-order valence-corrected chi connectivity index (χ0v) is 33.2. The lowest BCUT2D eigenvalue weighted by Crippen LogP contribution is -2.51. The minimum Gasteiger partial charge on any atom is -0.453 e. The number of H-pyrrole nitrogens is 3. The predicted octanol–water partition coefficient (Wildman–Crippen LogP) is 6.16. The van der Waals surface area contributed by atoms with Gasteiger partial charge in [0.2, 0.25) is 11.8 Å². The largest absolute Gasteiger partial charge is 0.453 e. The summed E-state index contributed by atoms with van der Waals surface area (Å²) in [6, 6.07) is 8.35. The molecule has 5 N–H and O–H groups in total. The topological polar surface area (TPSA) is 203 Å². The third-order valence-electron chi connectivity index (χ3n) is 10.6. The predicted molar refractivity (Wildman–Crippen MR) is 210 cm³/mol. The van der Waals surface area contributed by atoms with Crippen molar-refractivity contribution in [3.63, 3.8) is 0 Å². The molecule has 0 aliphatic carbocycles. The highest BCUT2D eigenvalue weighted by Crippen LogP contribution is 2.37. The summed E-state index contributed by atoms with van der Waals surface area (Å²) in [6.07, 6.45) is 5.51. The number of rotatable bonds is 11. The van der Waals surface area contributed by atoms with Crippen LogP contribution in [0.2, 0.25) is 0 Å². The van der Waals surface area contributed by atoms with E-state index in [1.807, 2.05) is 58.0 Å². The zero-order chi connectivity index (χ0) is 39.7. The molecule has 2 fully saturated rings. The Hall–Kier alpha value is -5.71. The number of fused-ring (bicyclic) bond motifs is 1. The van der Waals surface area contributed by atoms with Crippen LogP contribution < -0.4 is 10.6 Å². The molecule has 4 amide bonds. The van der Waals surface area contributed by atoms with Crippen LogP contribution in [0.1, 0.15) is 77.1 Å². The van der Waals surface area contributed by atoms with E-state index in [0.29, 0.717) is 24.7 Å². The van der Waals surface area contributed by atoms with Gasteiger partial charge >= 0.3 is 12.2 Å². The number of benzene rings is 1. The molecule has 6 heterocycles. The number of likely N-dealkylation sites (tertiary alicyclic amines) is 2. The molecule has 17 heteroatoms. The van der Waals surface area contributed by atoms with E-state index in [1.165, 1.54) is 25.6 Å². The van der Waals surface area contributed by atoms with E-state index in [4.69, 9.17) is 14.5 Å². The van der Waals surface area contributed by atoms with Gasteiger partial charge < -0.3 is 44.9 Å². The van der Waals surface area contributed by atoms with E-state index < -0.39 is 24.3 Å². The van der Waals surface area contributed by atoms with E-state index in [2.05, 4.69) is 35.6 Å². The van der Waals surface area contributed by atoms with Gasteiger partial charge in [-0.15, -0.1) is 0 Å². The first-order valence-electron chi connectivity index (χ1n) is 19.0. The smallest absolute Gasteiger partial charge is 0.407 e. The van der Waals surface area contributed by atoms with Crippen LogP contribution >= 0.6 is 11.3 Å². The molecule has 0 spiro atoms. The van der Waals surface area contributed by atoms with Gasteiger partial charge in [-0.3, -0.25) is 9.59 Å². The maximum atomic E-state index is 13.5. The molecule has 0 bridgehead atoms. The summed E-state index contributed by atoms with van der Waals surface area (Å²) in [7, 11) is 2.57. The van der Waals surface area contributed by atoms with Crippen molar-refractivity contribution in [2.24, 2.45) is 11.8 Å². The molecule has 4 atom stereocenters. The molecule has 1 aromatic carbocycles. The zero-order valence-electron chi connectivity index (χ0n) is 32.3. The highest BCUT2D eigenvalue weighted by Gasteiger charge is 2.39. The summed E-state index contributed by atoms with van der Waals surface area (Å²) in [6.45, 7) is 8.75. The lowest BCUT2D eigenvalue weighted by molar-refractivity contribution is -0.136. The molecule has 0 saturated carbocycles. The number of nitrogens with one attached hydrogen (secondary N) is 5. The molecule has 16 nitrogen and oxygen atoms in total. The fourth-order valence-electron chi connectivity index (χ4n) is 7.57. The molecular weight excluding hydrogens is 737 g/mol. The molecule has 0 radical (unpaired) electrons. The van der Waals surface area contributed by atoms with E-state index >= 15 is 0 Å². The van der Waals surface area contributed by atoms with E-state index in [1.54, 1.807) is 22.2 Å². The Morgan fingerprint density at radius 1 is 0.732 bits per heavy atom. The van der Waals surface area contributed by atoms with Gasteiger partial charge in [0.1, 0.15) is 39.1 Å². The van der Waals surface area contributed by atoms with E-state index in [0.717, 1.165) is 69.2 Å². The van der Waals surface area contributed by atoms with Crippen LogP contribution in [-0.2, 0) is 19.1 Å². The first-order chi connectivity index (χ1) is 26.9. The number of aromatic amines is 3. The monoisotopic (exact) mass is 784 g/mol. The van der Waals surface area contributed by atoms with Crippen molar-refractivity contribution in [3.8, 4) is 33.2 Å². The summed E-state index contributed by atoms with van der Waals surface area (Å²) < 4.78 is 9.50. The van der Waals surface area contributed by atoms with Crippen LogP contribution in [-0.4, -0.2) is 103 Å². The summed E-state index contributed by atoms with van der Waals surface area (Å²) in [5.41, 5.74) is 5.35. The second kappa shape index (κ2) is 16.2. The fourth-order valence-corrected chi connectivity index (χ4v) is 8.49. The number of carbonyl (C=O) groups is 4. The molecule has 296 valence electrons. The highest BCUT2D eigenvalue weighted by molar-refractivity contribution is 7.21. The van der Waals surface area contributed by atoms with Gasteiger partial charge in [0, 0.05) is 18.8 Å². The Morgan fingerprint density at radius 2 is 1.21 bits per heavy atom. The SMILES string of the molecule is COC(=O)N[C@H](C(=O)N1CCCC1c1ncc(-c2nc3cc(-c4ccc(-c5cnc([C@@H]6CCCN6C(=O)[C@@H](NC(=O)OC)C(C)C)[nH]5)cc4)[nH]c3s2)[nH]1)C(C)C. The van der Waals surface area contributed by atoms with Crippen LogP contribution in [0.15, 0.2) is 42.7 Å². The Morgan fingerprint density at radius 3 is 1.70 bits per heavy atom. The molecular formula is C39H48N10O6S. The lowest BCUT2D eigenvalue weighted by atomic mass is 10.0. The average molecular weight is 785 g/mol. The second-order valence-electron chi connectivity index (χ2n) is 15.0. The number of alkyl carbamates (subject to hydrolysis) is 2. The molecule has 2 aliphatic heterocycles. The van der Waals surface area contributed by atoms with Crippen molar-refractivity contribution in [3.05, 3.63) is 54.4 Å². The van der Waals surface area contributed by atoms with Crippen molar-refractivity contribution in [2.75, 3.05) is 27.3 Å². The summed E-state index contributed by atoms with van der Waals surface area (Å²) >= 11 is 1.52. The number of methoxy groups -OCH3 is 2. The first kappa shape index (κ1) is 38.6. The van der Waals surface area contributed by atoms with Gasteiger partial charge in [-0.25, -0.2) is 24.5 Å². The maximum absolute atomic E-state index is 13.5. The van der Waals surface area contributed by atoms with Crippen molar-refractivity contribution in [1.82, 2.24) is 50.3 Å². The average Bonchev–Trinajstić information content (AvgIpc) is 4.04. The van der Waals surface area contributed by atoms with Crippen LogP contribution in [0.4, 0.5) is 9.59 Å². The quantitative estimate of drug-likeness (QED) is 0.104. The Labute approximate surface area is 328 Å². The van der Waals surface area contributed by atoms with Gasteiger partial charge in [0.05, 0.1) is 50.1 Å². The van der Waals surface area contributed by atoms with Gasteiger partial charge in [0.25, 0.3) is 0 Å². The van der Waals surface area contributed by atoms with Gasteiger partial charge in [0.15, 0.2) is 0 Å². The summed E-state index contributed by atoms with van der Waals surface area (Å²) in [4.78, 5) is 80.0. The van der Waals surface area contributed by atoms with Gasteiger partial charge in [-0.2, -0.15) is 0 Å². The second-order valence-corrected chi connectivity index (χ2v) is 16.0. The van der Waals surface area contributed by atoms with Crippen molar-refractivity contribution in [2.45, 2.75) is 77.5 Å². The van der Waals surface area contributed by atoms with Crippen molar-refractivity contribution < 1.29 is 28.7 Å². The number of hydrogen-bond donors (Lipinski definition) is 5. The number of hydrogen-bond acceptors (Lipinski definition) is 10. The number of thiazole rings is 1. The summed E-state index contributed by atoms with van der Waals surface area (Å²) in [5, 5.41) is 6.16. The van der Waals surface area contributed by atoms with Crippen LogP contribution in [0, 0.1) is 11.8 Å². The molecule has 7 rings (SSSR count). The van der Waals surface area contributed by atoms with Gasteiger partial charge in [-0.1, -0.05) is 63.3 Å². The number of carbonyl (C=O) groups excluding carboxylic acids is 4. The Balaban J connectivity index is 1.02. The third-order valence-corrected chi connectivity index (χ3v) is 11.6. The van der Waals surface area contributed by atoms with Crippen molar-refractivity contribution >= 4 is 45.7 Å². The first-order valence-corrected chi connectivity index (χ1v) is 19.8. The Kier molecular flexibility index (Phi) is 11.1. The van der Waals surface area contributed by atoms with E-state index in [9.17, 15) is 19.2 Å². The minimum atomic E-state index is -0.699. The highest BCUT2D eigenvalue weighted by atomic mass is 32.1. The van der Waals surface area contributed by atoms with Crippen LogP contribution in [0.3, 0.4) is 0 Å². The fraction of sp³-hybridized carbons (Fsp3) is 0.462. The minimum absolute atomic E-state index is 0.108. The summed E-state index contributed by atoms with van der Waals surface area (Å²) in [5.74, 6) is 0.888. The van der Waals surface area contributed by atoms with Crippen LogP contribution in [0.25, 0.3) is 43.6 Å². The number of ether oxygens (including phenoxy) is 2. The standard InChI is InChI=1S/C39H48N10O6S/c1-20(2)30(46-38(52)54-5)36(50)48-15-7-9-28(48)32-40-18-26(42-32)23-13-11-22(12-14-23)24-17-25-34(44-24)56-35(45-25)27-19-41-33(43-27)29-10-8-16-49(29)37(51)31(21(3)4)47-39(53)55-6/h11-14,17-21,28-31,44H,7-10,15-16H2,1-6H3,(H,40,42)(H,41,43)(H,46,52)(H,47,53)/t28-,29?,30-,31-/m0/s1. The number of aromatic nitrogens is 6. The molecule has 1 unspecified atom stereocenters. The number of amides is 4. The molecule has 56 heavy (non-hydrogen) atoms. The van der Waals surface area contributed by atoms with Gasteiger partial charge in [-0.05, 0) is 54.7 Å². The molecule has 4 aromatic heterocycles. The third kappa shape index (κ3) is 7.72. The van der Waals surface area contributed by atoms with Crippen LogP contribution in [0.5, 0.6) is 0 Å². The van der Waals surface area contributed by atoms with E-state index in [-0.39, 0.29) is 35.7 Å². The normalized spacial score (nSPS) is 18.1. The Bertz CT molecular complexity index is 2170. The lowest BCUT2D eigenvalue weighted by Gasteiger charge is -2.30.